The SMILES string of the molecule is CCOc1ccc(OC(=O)C2CCC(C=C(F)CCF)CC2)c(F)c1F. The summed E-state index contributed by atoms with van der Waals surface area (Å²) in [5, 5.41) is 0. The third kappa shape index (κ3) is 5.22. The first-order valence-corrected chi connectivity index (χ1v) is 8.70. The fraction of sp³-hybridized carbons (Fsp3) is 0.526. The zero-order chi connectivity index (χ0) is 19.1. The Balaban J connectivity index is 1.93. The number of alkyl halides is 1. The highest BCUT2D eigenvalue weighted by Crippen LogP contribution is 2.33. The minimum Gasteiger partial charge on any atom is -0.491 e. The van der Waals surface area contributed by atoms with Crippen molar-refractivity contribution in [3.8, 4) is 11.5 Å². The molecule has 1 aromatic rings. The van der Waals surface area contributed by atoms with Gasteiger partial charge in [-0.2, -0.15) is 8.78 Å². The van der Waals surface area contributed by atoms with Crippen LogP contribution in [0.5, 0.6) is 11.5 Å². The average Bonchev–Trinajstić information content (AvgIpc) is 2.62. The monoisotopic (exact) mass is 374 g/mol. The lowest BCUT2D eigenvalue weighted by atomic mass is 9.81. The summed E-state index contributed by atoms with van der Waals surface area (Å²) in [6.07, 6.45) is 3.18. The zero-order valence-electron chi connectivity index (χ0n) is 14.6. The van der Waals surface area contributed by atoms with Crippen LogP contribution in [0.4, 0.5) is 17.6 Å². The van der Waals surface area contributed by atoms with Crippen LogP contribution in [-0.2, 0) is 4.79 Å². The lowest BCUT2D eigenvalue weighted by Crippen LogP contribution is -2.25. The van der Waals surface area contributed by atoms with Crippen LogP contribution in [0, 0.1) is 23.5 Å². The van der Waals surface area contributed by atoms with Crippen molar-refractivity contribution in [2.24, 2.45) is 11.8 Å². The van der Waals surface area contributed by atoms with Gasteiger partial charge in [-0.3, -0.25) is 9.18 Å². The van der Waals surface area contributed by atoms with Crippen molar-refractivity contribution >= 4 is 5.97 Å². The van der Waals surface area contributed by atoms with Crippen LogP contribution in [0.1, 0.15) is 39.0 Å². The van der Waals surface area contributed by atoms with E-state index in [4.69, 9.17) is 9.47 Å². The first-order chi connectivity index (χ1) is 12.5. The van der Waals surface area contributed by atoms with Crippen molar-refractivity contribution in [2.45, 2.75) is 39.0 Å². The number of carbonyl (C=O) groups excluding carboxylic acids is 1. The van der Waals surface area contributed by atoms with Crippen LogP contribution in [0.15, 0.2) is 24.0 Å². The number of rotatable bonds is 7. The predicted octanol–water partition coefficient (Wildman–Crippen LogP) is 5.29. The van der Waals surface area contributed by atoms with E-state index in [1.165, 1.54) is 12.1 Å². The van der Waals surface area contributed by atoms with Gasteiger partial charge in [0.2, 0.25) is 11.6 Å². The van der Waals surface area contributed by atoms with E-state index >= 15 is 0 Å². The Hall–Kier alpha value is -2.05. The van der Waals surface area contributed by atoms with Gasteiger partial charge in [0.15, 0.2) is 11.5 Å². The molecule has 0 spiro atoms. The smallest absolute Gasteiger partial charge is 0.314 e. The first kappa shape index (κ1) is 20.3. The summed E-state index contributed by atoms with van der Waals surface area (Å²) >= 11 is 0. The van der Waals surface area contributed by atoms with Crippen molar-refractivity contribution in [3.05, 3.63) is 35.7 Å². The van der Waals surface area contributed by atoms with Crippen molar-refractivity contribution < 1.29 is 31.8 Å². The number of benzene rings is 1. The molecule has 1 fully saturated rings. The lowest BCUT2D eigenvalue weighted by Gasteiger charge is -2.25. The largest absolute Gasteiger partial charge is 0.491 e. The lowest BCUT2D eigenvalue weighted by molar-refractivity contribution is -0.140. The molecular formula is C19H22F4O3. The van der Waals surface area contributed by atoms with E-state index in [1.54, 1.807) is 6.92 Å². The highest BCUT2D eigenvalue weighted by Gasteiger charge is 2.28. The number of hydrogen-bond donors (Lipinski definition) is 0. The van der Waals surface area contributed by atoms with Gasteiger partial charge in [0.25, 0.3) is 0 Å². The Morgan fingerprint density at radius 2 is 1.77 bits per heavy atom. The molecule has 144 valence electrons. The summed E-state index contributed by atoms with van der Waals surface area (Å²) in [6.45, 7) is 1.08. The van der Waals surface area contributed by atoms with Crippen molar-refractivity contribution in [1.29, 1.82) is 0 Å². The van der Waals surface area contributed by atoms with Crippen LogP contribution in [0.25, 0.3) is 0 Å². The number of allylic oxidation sites excluding steroid dienone is 2. The fourth-order valence-electron chi connectivity index (χ4n) is 3.00. The Morgan fingerprint density at radius 1 is 1.15 bits per heavy atom. The third-order valence-corrected chi connectivity index (χ3v) is 4.38. The van der Waals surface area contributed by atoms with E-state index in [1.807, 2.05) is 0 Å². The summed E-state index contributed by atoms with van der Waals surface area (Å²) in [6, 6.07) is 2.36. The molecule has 0 N–H and O–H groups in total. The highest BCUT2D eigenvalue weighted by atomic mass is 19.2. The van der Waals surface area contributed by atoms with Gasteiger partial charge in [0.1, 0.15) is 0 Å². The van der Waals surface area contributed by atoms with E-state index in [2.05, 4.69) is 0 Å². The normalized spacial score (nSPS) is 20.7. The molecule has 0 amide bonds. The second-order valence-corrected chi connectivity index (χ2v) is 6.21. The molecule has 1 saturated carbocycles. The zero-order valence-corrected chi connectivity index (χ0v) is 14.6. The first-order valence-electron chi connectivity index (χ1n) is 8.70. The molecule has 26 heavy (non-hydrogen) atoms. The molecule has 0 unspecified atom stereocenters. The molecule has 1 aliphatic carbocycles. The Morgan fingerprint density at radius 3 is 2.38 bits per heavy atom. The van der Waals surface area contributed by atoms with Crippen molar-refractivity contribution in [3.63, 3.8) is 0 Å². The van der Waals surface area contributed by atoms with E-state index < -0.39 is 41.8 Å². The number of hydrogen-bond acceptors (Lipinski definition) is 3. The summed E-state index contributed by atoms with van der Waals surface area (Å²) < 4.78 is 63.2. The molecule has 2 rings (SSSR count). The topological polar surface area (TPSA) is 35.5 Å². The second kappa shape index (κ2) is 9.59. The molecule has 0 atom stereocenters. The van der Waals surface area contributed by atoms with E-state index in [-0.39, 0.29) is 24.7 Å². The Kier molecular flexibility index (Phi) is 7.48. The standard InChI is InChI=1S/C19H22F4O3/c1-2-25-15-7-8-16(18(23)17(15)22)26-19(24)13-5-3-12(4-6-13)11-14(21)9-10-20/h7-8,11-13H,2-6,9-10H2,1H3. The number of ether oxygens (including phenoxy) is 2. The summed E-state index contributed by atoms with van der Waals surface area (Å²) in [5.41, 5.74) is 0. The van der Waals surface area contributed by atoms with Gasteiger partial charge in [-0.25, -0.2) is 4.39 Å². The molecule has 0 aliphatic heterocycles. The van der Waals surface area contributed by atoms with Crippen LogP contribution < -0.4 is 9.47 Å². The highest BCUT2D eigenvalue weighted by molar-refractivity contribution is 5.75. The molecule has 0 radical (unpaired) electrons. The molecule has 1 aliphatic rings. The fourth-order valence-corrected chi connectivity index (χ4v) is 3.00. The molecule has 0 aromatic heterocycles. The summed E-state index contributed by atoms with van der Waals surface area (Å²) in [7, 11) is 0. The molecule has 7 heteroatoms. The maximum atomic E-state index is 14.0. The average molecular weight is 374 g/mol. The maximum Gasteiger partial charge on any atom is 0.314 e. The van der Waals surface area contributed by atoms with Gasteiger partial charge < -0.3 is 9.47 Å². The van der Waals surface area contributed by atoms with Crippen LogP contribution in [0.3, 0.4) is 0 Å². The van der Waals surface area contributed by atoms with Gasteiger partial charge in [-0.15, -0.1) is 0 Å². The third-order valence-electron chi connectivity index (χ3n) is 4.38. The summed E-state index contributed by atoms with van der Waals surface area (Å²) in [4.78, 5) is 12.2. The van der Waals surface area contributed by atoms with Gasteiger partial charge in [0.05, 0.1) is 25.0 Å². The quantitative estimate of drug-likeness (QED) is 0.370. The molecule has 0 bridgehead atoms. The summed E-state index contributed by atoms with van der Waals surface area (Å²) in [5.74, 6) is -4.82. The van der Waals surface area contributed by atoms with E-state index in [0.717, 1.165) is 6.07 Å². The van der Waals surface area contributed by atoms with Gasteiger partial charge >= 0.3 is 5.97 Å². The minimum absolute atomic E-state index is 0.0507. The number of carbonyl (C=O) groups is 1. The van der Waals surface area contributed by atoms with Gasteiger partial charge in [-0.05, 0) is 56.7 Å². The van der Waals surface area contributed by atoms with Crippen LogP contribution in [0.2, 0.25) is 0 Å². The molecule has 3 nitrogen and oxygen atoms in total. The predicted molar refractivity (Wildman–Crippen MR) is 88.4 cm³/mol. The van der Waals surface area contributed by atoms with Crippen molar-refractivity contribution in [1.82, 2.24) is 0 Å². The molecular weight excluding hydrogens is 352 g/mol. The van der Waals surface area contributed by atoms with E-state index in [0.29, 0.717) is 25.7 Å². The minimum atomic E-state index is -1.27. The second-order valence-electron chi connectivity index (χ2n) is 6.21. The Bertz CT molecular complexity index is 652. The van der Waals surface area contributed by atoms with Crippen molar-refractivity contribution in [2.75, 3.05) is 13.3 Å². The molecule has 1 aromatic carbocycles. The number of esters is 1. The van der Waals surface area contributed by atoms with E-state index in [9.17, 15) is 22.4 Å². The maximum absolute atomic E-state index is 14.0. The van der Waals surface area contributed by atoms with Gasteiger partial charge in [0, 0.05) is 6.42 Å². The van der Waals surface area contributed by atoms with Crippen LogP contribution >= 0.6 is 0 Å². The Labute approximate surface area is 150 Å². The van der Waals surface area contributed by atoms with Crippen LogP contribution in [-0.4, -0.2) is 19.3 Å². The number of halogens is 4. The molecule has 0 heterocycles. The molecule has 0 saturated heterocycles. The van der Waals surface area contributed by atoms with Gasteiger partial charge in [-0.1, -0.05) is 0 Å².